The number of aromatic nitrogens is 1. The van der Waals surface area contributed by atoms with Gasteiger partial charge in [0.2, 0.25) is 0 Å². The van der Waals surface area contributed by atoms with E-state index < -0.39 is 0 Å². The molecule has 0 aliphatic rings. The smallest absolute Gasteiger partial charge is 0.152 e. The zero-order chi connectivity index (χ0) is 8.55. The highest BCUT2D eigenvalue weighted by molar-refractivity contribution is 5.76. The van der Waals surface area contributed by atoms with Gasteiger partial charge < -0.3 is 10.2 Å². The van der Waals surface area contributed by atoms with Crippen molar-refractivity contribution in [1.29, 1.82) is 0 Å². The number of nitrogens with zero attached hydrogens (tertiary/aromatic N) is 1. The summed E-state index contributed by atoms with van der Waals surface area (Å²) in [6, 6.07) is 3.70. The average Bonchev–Trinajstić information content (AvgIpc) is 2.47. The molecule has 2 rings (SSSR count). The third-order valence-electron chi connectivity index (χ3n) is 1.85. The summed E-state index contributed by atoms with van der Waals surface area (Å²) < 4.78 is 5.27. The summed E-state index contributed by atoms with van der Waals surface area (Å²) in [6.07, 6.45) is 3.41. The van der Waals surface area contributed by atoms with Crippen LogP contribution in [0, 0.1) is 0 Å². The zero-order valence-corrected chi connectivity index (χ0v) is 6.82. The highest BCUT2D eigenvalue weighted by Gasteiger charge is 2.08. The van der Waals surface area contributed by atoms with Crippen LogP contribution in [0.5, 0.6) is 0 Å². The number of fused-ring (bicyclic) bond motifs is 1. The van der Waals surface area contributed by atoms with Crippen LogP contribution in [-0.2, 0) is 0 Å². The summed E-state index contributed by atoms with van der Waals surface area (Å²) in [6.45, 7) is 1.92. The maximum absolute atomic E-state index is 5.72. The molecule has 0 spiro atoms. The van der Waals surface area contributed by atoms with E-state index in [1.165, 1.54) is 0 Å². The minimum Gasteiger partial charge on any atom is -0.462 e. The van der Waals surface area contributed by atoms with Gasteiger partial charge in [0.1, 0.15) is 5.52 Å². The van der Waals surface area contributed by atoms with E-state index in [0.717, 1.165) is 16.7 Å². The summed E-state index contributed by atoms with van der Waals surface area (Å²) in [5, 5.41) is 0. The van der Waals surface area contributed by atoms with Gasteiger partial charge >= 0.3 is 0 Å². The van der Waals surface area contributed by atoms with Crippen LogP contribution < -0.4 is 5.73 Å². The van der Waals surface area contributed by atoms with Crippen molar-refractivity contribution < 1.29 is 4.42 Å². The van der Waals surface area contributed by atoms with Gasteiger partial charge in [0.15, 0.2) is 5.58 Å². The van der Waals surface area contributed by atoms with E-state index in [4.69, 9.17) is 10.2 Å². The molecule has 1 unspecified atom stereocenters. The van der Waals surface area contributed by atoms with Crippen molar-refractivity contribution in [1.82, 2.24) is 4.98 Å². The summed E-state index contributed by atoms with van der Waals surface area (Å²) >= 11 is 0. The zero-order valence-electron chi connectivity index (χ0n) is 6.82. The molecular weight excluding hydrogens is 152 g/mol. The quantitative estimate of drug-likeness (QED) is 0.696. The molecule has 3 nitrogen and oxygen atoms in total. The molecule has 2 N–H and O–H groups in total. The van der Waals surface area contributed by atoms with E-state index in [1.54, 1.807) is 12.5 Å². The van der Waals surface area contributed by atoms with Crippen LogP contribution in [0.2, 0.25) is 0 Å². The Morgan fingerprint density at radius 2 is 2.42 bits per heavy atom. The number of hydrogen-bond acceptors (Lipinski definition) is 3. The van der Waals surface area contributed by atoms with Crippen LogP contribution in [0.4, 0.5) is 0 Å². The Labute approximate surface area is 70.2 Å². The van der Waals surface area contributed by atoms with Crippen LogP contribution in [-0.4, -0.2) is 4.98 Å². The monoisotopic (exact) mass is 162 g/mol. The molecule has 3 heteroatoms. The average molecular weight is 162 g/mol. The number of hydrogen-bond donors (Lipinski definition) is 1. The van der Waals surface area contributed by atoms with Crippen molar-refractivity contribution in [2.24, 2.45) is 5.73 Å². The minimum absolute atomic E-state index is 0.0267. The van der Waals surface area contributed by atoms with E-state index in [1.807, 2.05) is 19.1 Å². The first-order valence-corrected chi connectivity index (χ1v) is 3.87. The van der Waals surface area contributed by atoms with Crippen molar-refractivity contribution in [3.8, 4) is 0 Å². The second kappa shape index (κ2) is 2.60. The molecule has 1 atom stereocenters. The van der Waals surface area contributed by atoms with Gasteiger partial charge in [0.25, 0.3) is 0 Å². The fraction of sp³-hybridized carbons (Fsp3) is 0.222. The Balaban J connectivity index is 2.70. The summed E-state index contributed by atoms with van der Waals surface area (Å²) in [5.74, 6) is 0. The van der Waals surface area contributed by atoms with Crippen LogP contribution in [0.3, 0.4) is 0 Å². The van der Waals surface area contributed by atoms with Crippen LogP contribution >= 0.6 is 0 Å². The van der Waals surface area contributed by atoms with E-state index in [2.05, 4.69) is 4.98 Å². The first kappa shape index (κ1) is 7.31. The molecule has 2 heterocycles. The van der Waals surface area contributed by atoms with Gasteiger partial charge in [-0.05, 0) is 19.1 Å². The molecule has 0 saturated heterocycles. The number of nitrogens with two attached hydrogens (primary N) is 1. The predicted octanol–water partition coefficient (Wildman–Crippen LogP) is 1.85. The molecular formula is C9H10N2O. The fourth-order valence-corrected chi connectivity index (χ4v) is 1.21. The lowest BCUT2D eigenvalue weighted by atomic mass is 10.1. The number of furan rings is 1. The highest BCUT2D eigenvalue weighted by atomic mass is 16.3. The third-order valence-corrected chi connectivity index (χ3v) is 1.85. The third kappa shape index (κ3) is 0.987. The Morgan fingerprint density at radius 1 is 1.58 bits per heavy atom. The van der Waals surface area contributed by atoms with E-state index >= 15 is 0 Å². The molecule has 0 aliphatic heterocycles. The van der Waals surface area contributed by atoms with Crippen LogP contribution in [0.25, 0.3) is 11.1 Å². The summed E-state index contributed by atoms with van der Waals surface area (Å²) in [4.78, 5) is 4.19. The number of rotatable bonds is 1. The van der Waals surface area contributed by atoms with Gasteiger partial charge in [-0.15, -0.1) is 0 Å². The Hall–Kier alpha value is -1.35. The molecule has 0 amide bonds. The standard InChI is InChI=1S/C9H10N2O/c1-6(10)7-5-12-8-3-2-4-11-9(7)8/h2-6H,10H2,1H3. The topological polar surface area (TPSA) is 52.0 Å². The Bertz CT molecular complexity index is 392. The molecule has 12 heavy (non-hydrogen) atoms. The van der Waals surface area contributed by atoms with Crippen LogP contribution in [0.15, 0.2) is 29.0 Å². The van der Waals surface area contributed by atoms with Gasteiger partial charge in [0.05, 0.1) is 6.26 Å². The Kier molecular flexibility index (Phi) is 1.59. The largest absolute Gasteiger partial charge is 0.462 e. The van der Waals surface area contributed by atoms with Crippen LogP contribution in [0.1, 0.15) is 18.5 Å². The molecule has 62 valence electrons. The van der Waals surface area contributed by atoms with E-state index in [9.17, 15) is 0 Å². The Morgan fingerprint density at radius 3 is 3.17 bits per heavy atom. The molecule has 0 radical (unpaired) electrons. The second-order valence-corrected chi connectivity index (χ2v) is 2.83. The molecule has 2 aromatic rings. The molecule has 0 aliphatic carbocycles. The van der Waals surface area contributed by atoms with Gasteiger partial charge in [0, 0.05) is 17.8 Å². The van der Waals surface area contributed by atoms with Gasteiger partial charge in [-0.25, -0.2) is 0 Å². The molecule has 0 saturated carbocycles. The summed E-state index contributed by atoms with van der Waals surface area (Å²) in [7, 11) is 0. The lowest BCUT2D eigenvalue weighted by Gasteiger charge is -1.98. The number of pyridine rings is 1. The maximum Gasteiger partial charge on any atom is 0.152 e. The van der Waals surface area contributed by atoms with Gasteiger partial charge in [-0.2, -0.15) is 0 Å². The highest BCUT2D eigenvalue weighted by Crippen LogP contribution is 2.22. The SMILES string of the molecule is CC(N)c1coc2cccnc12. The lowest BCUT2D eigenvalue weighted by Crippen LogP contribution is -2.03. The molecule has 0 bridgehead atoms. The van der Waals surface area contributed by atoms with Gasteiger partial charge in [-0.1, -0.05) is 0 Å². The first-order valence-electron chi connectivity index (χ1n) is 3.87. The molecule has 0 aromatic carbocycles. The molecule has 2 aromatic heterocycles. The van der Waals surface area contributed by atoms with Crippen molar-refractivity contribution in [2.75, 3.05) is 0 Å². The van der Waals surface area contributed by atoms with Gasteiger partial charge in [-0.3, -0.25) is 4.98 Å². The summed E-state index contributed by atoms with van der Waals surface area (Å²) in [5.41, 5.74) is 8.35. The van der Waals surface area contributed by atoms with E-state index in [0.29, 0.717) is 0 Å². The lowest BCUT2D eigenvalue weighted by molar-refractivity contribution is 0.605. The fourth-order valence-electron chi connectivity index (χ4n) is 1.21. The van der Waals surface area contributed by atoms with Crippen molar-refractivity contribution in [2.45, 2.75) is 13.0 Å². The second-order valence-electron chi connectivity index (χ2n) is 2.83. The predicted molar refractivity (Wildman–Crippen MR) is 46.6 cm³/mol. The van der Waals surface area contributed by atoms with Crippen molar-refractivity contribution in [3.63, 3.8) is 0 Å². The van der Waals surface area contributed by atoms with Crippen molar-refractivity contribution >= 4 is 11.1 Å². The molecule has 0 fully saturated rings. The van der Waals surface area contributed by atoms with E-state index in [-0.39, 0.29) is 6.04 Å². The maximum atomic E-state index is 5.72. The minimum atomic E-state index is -0.0267. The first-order chi connectivity index (χ1) is 5.79. The normalized spacial score (nSPS) is 13.5. The van der Waals surface area contributed by atoms with Crippen molar-refractivity contribution in [3.05, 3.63) is 30.2 Å².